The van der Waals surface area contributed by atoms with Crippen LogP contribution in [0.4, 0.5) is 0 Å². The van der Waals surface area contributed by atoms with E-state index in [0.717, 1.165) is 5.56 Å². The Morgan fingerprint density at radius 2 is 1.82 bits per heavy atom. The van der Waals surface area contributed by atoms with Gasteiger partial charge in [-0.3, -0.25) is 4.79 Å². The second-order valence-electron chi connectivity index (χ2n) is 5.02. The number of nitrogens with one attached hydrogen (secondary N) is 1. The van der Waals surface area contributed by atoms with Gasteiger partial charge in [0.05, 0.1) is 14.2 Å². The molecule has 1 rings (SSSR count). The van der Waals surface area contributed by atoms with Gasteiger partial charge in [-0.15, -0.1) is 0 Å². The lowest BCUT2D eigenvalue weighted by atomic mass is 10.0. The van der Waals surface area contributed by atoms with Crippen molar-refractivity contribution in [2.24, 2.45) is 5.92 Å². The minimum atomic E-state index is -1.05. The summed E-state index contributed by atoms with van der Waals surface area (Å²) in [6.45, 7) is 3.47. The molecule has 0 unspecified atom stereocenters. The lowest BCUT2D eigenvalue weighted by molar-refractivity contribution is -0.142. The van der Waals surface area contributed by atoms with Crippen LogP contribution in [0.15, 0.2) is 24.3 Å². The van der Waals surface area contributed by atoms with Gasteiger partial charge in [-0.2, -0.15) is 0 Å². The number of hydrogen-bond donors (Lipinski definition) is 2. The van der Waals surface area contributed by atoms with Gasteiger partial charge in [0.1, 0.15) is 6.04 Å². The Hall–Kier alpha value is -2.50. The topological polar surface area (TPSA) is 84.9 Å². The van der Waals surface area contributed by atoms with Crippen molar-refractivity contribution < 1.29 is 24.2 Å². The number of carboxylic acids is 1. The zero-order valence-electron chi connectivity index (χ0n) is 13.1. The average Bonchev–Trinajstić information content (AvgIpc) is 2.49. The summed E-state index contributed by atoms with van der Waals surface area (Å²) in [5.41, 5.74) is 0.740. The highest BCUT2D eigenvalue weighted by Gasteiger charge is 2.22. The first-order valence-electron chi connectivity index (χ1n) is 6.82. The minimum Gasteiger partial charge on any atom is -0.493 e. The molecule has 6 nitrogen and oxygen atoms in total. The SMILES string of the molecule is COc1ccc(C=CC(=O)N[C@H](C(=O)O)C(C)C)cc1OC. The first kappa shape index (κ1) is 17.6. The van der Waals surface area contributed by atoms with Crippen molar-refractivity contribution in [3.05, 3.63) is 29.8 Å². The van der Waals surface area contributed by atoms with Gasteiger partial charge in [0.25, 0.3) is 0 Å². The maximum atomic E-state index is 11.8. The van der Waals surface area contributed by atoms with Crippen molar-refractivity contribution in [1.29, 1.82) is 0 Å². The molecule has 0 aliphatic rings. The molecule has 2 N–H and O–H groups in total. The van der Waals surface area contributed by atoms with Gasteiger partial charge in [-0.05, 0) is 29.7 Å². The van der Waals surface area contributed by atoms with Gasteiger partial charge >= 0.3 is 5.97 Å². The van der Waals surface area contributed by atoms with Crippen LogP contribution in [0.1, 0.15) is 19.4 Å². The predicted octanol–water partition coefficient (Wildman–Crippen LogP) is 1.94. The first-order valence-corrected chi connectivity index (χ1v) is 6.82. The third-order valence-corrected chi connectivity index (χ3v) is 3.07. The number of ether oxygens (including phenoxy) is 2. The van der Waals surface area contributed by atoms with Gasteiger partial charge in [0, 0.05) is 6.08 Å². The highest BCUT2D eigenvalue weighted by Crippen LogP contribution is 2.27. The predicted molar refractivity (Wildman–Crippen MR) is 83.0 cm³/mol. The molecular formula is C16H21NO5. The van der Waals surface area contributed by atoms with E-state index in [-0.39, 0.29) is 5.92 Å². The van der Waals surface area contributed by atoms with E-state index in [9.17, 15) is 9.59 Å². The molecule has 0 radical (unpaired) electrons. The van der Waals surface area contributed by atoms with Crippen molar-refractivity contribution in [3.63, 3.8) is 0 Å². The molecule has 1 aromatic rings. The van der Waals surface area contributed by atoms with Crippen LogP contribution in [0.25, 0.3) is 6.08 Å². The third-order valence-electron chi connectivity index (χ3n) is 3.07. The van der Waals surface area contributed by atoms with Crippen LogP contribution in [0, 0.1) is 5.92 Å². The number of carbonyl (C=O) groups is 2. The summed E-state index contributed by atoms with van der Waals surface area (Å²) in [5.74, 6) is -0.569. The van der Waals surface area contributed by atoms with E-state index in [1.807, 2.05) is 0 Å². The number of benzene rings is 1. The molecule has 1 aromatic carbocycles. The Labute approximate surface area is 129 Å². The smallest absolute Gasteiger partial charge is 0.326 e. The number of hydrogen-bond acceptors (Lipinski definition) is 4. The Balaban J connectivity index is 2.79. The van der Waals surface area contributed by atoms with Crippen LogP contribution in [0.3, 0.4) is 0 Å². The van der Waals surface area contributed by atoms with E-state index in [0.29, 0.717) is 11.5 Å². The second kappa shape index (κ2) is 8.07. The van der Waals surface area contributed by atoms with Gasteiger partial charge in [-0.25, -0.2) is 4.79 Å². The Morgan fingerprint density at radius 1 is 1.18 bits per heavy atom. The van der Waals surface area contributed by atoms with E-state index >= 15 is 0 Å². The van der Waals surface area contributed by atoms with Gasteiger partial charge in [0.2, 0.25) is 5.91 Å². The number of rotatable bonds is 7. The third kappa shape index (κ3) is 4.80. The first-order chi connectivity index (χ1) is 10.4. The largest absolute Gasteiger partial charge is 0.493 e. The van der Waals surface area contributed by atoms with Crippen LogP contribution in [-0.4, -0.2) is 37.2 Å². The number of amides is 1. The van der Waals surface area contributed by atoms with Crippen LogP contribution < -0.4 is 14.8 Å². The fourth-order valence-corrected chi connectivity index (χ4v) is 1.84. The molecular weight excluding hydrogens is 286 g/mol. The number of aliphatic carboxylic acids is 1. The molecule has 1 amide bonds. The maximum Gasteiger partial charge on any atom is 0.326 e. The van der Waals surface area contributed by atoms with Crippen LogP contribution in [0.5, 0.6) is 11.5 Å². The van der Waals surface area contributed by atoms with Crippen LogP contribution >= 0.6 is 0 Å². The van der Waals surface area contributed by atoms with Crippen LogP contribution in [0.2, 0.25) is 0 Å². The van der Waals surface area contributed by atoms with E-state index in [4.69, 9.17) is 14.6 Å². The van der Waals surface area contributed by atoms with Crippen LogP contribution in [-0.2, 0) is 9.59 Å². The Bertz CT molecular complexity index is 566. The summed E-state index contributed by atoms with van der Waals surface area (Å²) in [4.78, 5) is 22.8. The summed E-state index contributed by atoms with van der Waals surface area (Å²) < 4.78 is 10.3. The average molecular weight is 307 g/mol. The lowest BCUT2D eigenvalue weighted by Gasteiger charge is -2.16. The number of methoxy groups -OCH3 is 2. The second-order valence-corrected chi connectivity index (χ2v) is 5.02. The van der Waals surface area contributed by atoms with E-state index < -0.39 is 17.9 Å². The molecule has 22 heavy (non-hydrogen) atoms. The molecule has 0 aromatic heterocycles. The standard InChI is InChI=1S/C16H21NO5/c1-10(2)15(16(19)20)17-14(18)8-6-11-5-7-12(21-3)13(9-11)22-4/h5-10,15H,1-4H3,(H,17,18)(H,19,20)/t15-/m0/s1. The maximum absolute atomic E-state index is 11.8. The molecule has 120 valence electrons. The fraction of sp³-hybridized carbons (Fsp3) is 0.375. The highest BCUT2D eigenvalue weighted by molar-refractivity contribution is 5.94. The number of carbonyl (C=O) groups excluding carboxylic acids is 1. The molecule has 0 heterocycles. The lowest BCUT2D eigenvalue weighted by Crippen LogP contribution is -2.43. The molecule has 0 saturated heterocycles. The van der Waals surface area contributed by atoms with Crippen molar-refractivity contribution in [2.45, 2.75) is 19.9 Å². The number of carboxylic acid groups (broad SMARTS) is 1. The Kier molecular flexibility index (Phi) is 6.44. The van der Waals surface area contributed by atoms with Crippen molar-refractivity contribution in [3.8, 4) is 11.5 Å². The van der Waals surface area contributed by atoms with E-state index in [1.54, 1.807) is 45.2 Å². The van der Waals surface area contributed by atoms with Gasteiger partial charge in [-0.1, -0.05) is 19.9 Å². The fourth-order valence-electron chi connectivity index (χ4n) is 1.84. The molecule has 0 aliphatic heterocycles. The normalized spacial score (nSPS) is 12.2. The Morgan fingerprint density at radius 3 is 2.32 bits per heavy atom. The molecule has 0 spiro atoms. The molecule has 0 aliphatic carbocycles. The molecule has 1 atom stereocenters. The zero-order valence-corrected chi connectivity index (χ0v) is 13.1. The van der Waals surface area contributed by atoms with Gasteiger partial charge in [0.15, 0.2) is 11.5 Å². The van der Waals surface area contributed by atoms with Crippen molar-refractivity contribution in [2.75, 3.05) is 14.2 Å². The monoisotopic (exact) mass is 307 g/mol. The van der Waals surface area contributed by atoms with Crippen molar-refractivity contribution in [1.82, 2.24) is 5.32 Å². The van der Waals surface area contributed by atoms with Crippen molar-refractivity contribution >= 4 is 18.0 Å². The van der Waals surface area contributed by atoms with Gasteiger partial charge < -0.3 is 19.9 Å². The summed E-state index contributed by atoms with van der Waals surface area (Å²) >= 11 is 0. The summed E-state index contributed by atoms with van der Waals surface area (Å²) in [6, 6.07) is 4.30. The minimum absolute atomic E-state index is 0.198. The molecule has 0 bridgehead atoms. The van der Waals surface area contributed by atoms with E-state index in [2.05, 4.69) is 5.32 Å². The molecule has 6 heteroatoms. The highest BCUT2D eigenvalue weighted by atomic mass is 16.5. The zero-order chi connectivity index (χ0) is 16.7. The summed E-state index contributed by atoms with van der Waals surface area (Å²) in [5, 5.41) is 11.5. The summed E-state index contributed by atoms with van der Waals surface area (Å²) in [7, 11) is 3.07. The quantitative estimate of drug-likeness (QED) is 0.752. The summed E-state index contributed by atoms with van der Waals surface area (Å²) in [6.07, 6.45) is 2.87. The van der Waals surface area contributed by atoms with E-state index in [1.165, 1.54) is 13.2 Å². The molecule has 0 fully saturated rings. The molecule has 0 saturated carbocycles.